The predicted octanol–water partition coefficient (Wildman–Crippen LogP) is 4.17. The van der Waals surface area contributed by atoms with Crippen molar-refractivity contribution in [3.63, 3.8) is 0 Å². The van der Waals surface area contributed by atoms with E-state index in [1.807, 2.05) is 18.3 Å². The second-order valence-corrected chi connectivity index (χ2v) is 6.94. The summed E-state index contributed by atoms with van der Waals surface area (Å²) in [6, 6.07) is 19.0. The minimum Gasteiger partial charge on any atom is -0.352 e. The van der Waals surface area contributed by atoms with Gasteiger partial charge in [-0.1, -0.05) is 23.8 Å². The molecule has 0 unspecified atom stereocenters. The lowest BCUT2D eigenvalue weighted by Crippen LogP contribution is -2.30. The van der Waals surface area contributed by atoms with Crippen LogP contribution in [0.5, 0.6) is 0 Å². The molecular formula is C21H22N4S. The first kappa shape index (κ1) is 16.8. The van der Waals surface area contributed by atoms with Crippen molar-refractivity contribution in [3.05, 3.63) is 83.9 Å². The molecule has 0 saturated carbocycles. The van der Waals surface area contributed by atoms with Crippen LogP contribution in [0.3, 0.4) is 0 Å². The molecule has 0 bridgehead atoms. The Kier molecular flexibility index (Phi) is 4.47. The molecule has 1 fully saturated rings. The number of aromatic nitrogens is 2. The first-order chi connectivity index (χ1) is 12.7. The van der Waals surface area contributed by atoms with Gasteiger partial charge in [-0.05, 0) is 62.5 Å². The maximum absolute atomic E-state index is 5.62. The number of pyridine rings is 1. The number of nitrogens with one attached hydrogen (secondary N) is 1. The van der Waals surface area contributed by atoms with Crippen molar-refractivity contribution < 1.29 is 0 Å². The molecule has 1 saturated heterocycles. The Morgan fingerprint density at radius 1 is 1.08 bits per heavy atom. The molecule has 0 amide bonds. The quantitative estimate of drug-likeness (QED) is 0.706. The third-order valence-corrected chi connectivity index (χ3v) is 5.29. The van der Waals surface area contributed by atoms with Gasteiger partial charge in [-0.15, -0.1) is 0 Å². The zero-order valence-corrected chi connectivity index (χ0v) is 15.8. The highest BCUT2D eigenvalue weighted by molar-refractivity contribution is 7.80. The Balaban J connectivity index is 1.80. The molecule has 0 aliphatic carbocycles. The van der Waals surface area contributed by atoms with Gasteiger partial charge in [0.15, 0.2) is 5.11 Å². The van der Waals surface area contributed by atoms with E-state index < -0.39 is 0 Å². The molecule has 2 aromatic heterocycles. The van der Waals surface area contributed by atoms with Gasteiger partial charge in [0.05, 0.1) is 17.8 Å². The van der Waals surface area contributed by atoms with E-state index in [0.29, 0.717) is 0 Å². The fraction of sp³-hybridized carbons (Fsp3) is 0.238. The number of benzene rings is 1. The number of rotatable bonds is 4. The molecule has 0 radical (unpaired) electrons. The standard InChI is InChI=1S/C21H22N4S/c1-3-24-20(19(23-21(24)26)17-7-4-5-13-22-17)18-8-6-14-25(18)16-11-9-15(2)10-12-16/h4-14,19-20H,3H2,1-2H3,(H,23,26)/t19-,20-/m0/s1. The first-order valence-corrected chi connectivity index (χ1v) is 9.32. The Labute approximate surface area is 159 Å². The molecule has 26 heavy (non-hydrogen) atoms. The zero-order chi connectivity index (χ0) is 18.1. The largest absolute Gasteiger partial charge is 0.352 e. The molecule has 1 aromatic carbocycles. The van der Waals surface area contributed by atoms with E-state index in [1.54, 1.807) is 0 Å². The predicted molar refractivity (Wildman–Crippen MR) is 108 cm³/mol. The van der Waals surface area contributed by atoms with Crippen LogP contribution >= 0.6 is 12.2 Å². The number of thiocarbonyl (C=S) groups is 1. The topological polar surface area (TPSA) is 33.1 Å². The normalized spacial score (nSPS) is 19.6. The summed E-state index contributed by atoms with van der Waals surface area (Å²) in [5.74, 6) is 0. The van der Waals surface area contributed by atoms with Gasteiger partial charge in [-0.25, -0.2) is 0 Å². The van der Waals surface area contributed by atoms with Crippen molar-refractivity contribution >= 4 is 17.3 Å². The lowest BCUT2D eigenvalue weighted by molar-refractivity contribution is 0.321. The number of hydrogen-bond donors (Lipinski definition) is 1. The van der Waals surface area contributed by atoms with Crippen LogP contribution in [0.25, 0.3) is 5.69 Å². The van der Waals surface area contributed by atoms with Crippen LogP contribution in [0.1, 0.15) is 36.0 Å². The lowest BCUT2D eigenvalue weighted by Gasteiger charge is -2.28. The number of likely N-dealkylation sites (N-methyl/N-ethyl adjacent to an activating group) is 1. The molecule has 132 valence electrons. The average molecular weight is 363 g/mol. The Hall–Kier alpha value is -2.66. The second kappa shape index (κ2) is 6.92. The minimum atomic E-state index is 0.0303. The van der Waals surface area contributed by atoms with E-state index in [0.717, 1.165) is 23.0 Å². The van der Waals surface area contributed by atoms with Crippen molar-refractivity contribution in [1.29, 1.82) is 0 Å². The SMILES string of the molecule is CCN1C(=S)N[C@@H](c2ccccn2)[C@@H]1c1cccn1-c1ccc(C)cc1. The third kappa shape index (κ3) is 2.88. The molecule has 1 aliphatic heterocycles. The molecule has 5 heteroatoms. The summed E-state index contributed by atoms with van der Waals surface area (Å²) >= 11 is 5.62. The van der Waals surface area contributed by atoms with Gasteiger partial charge in [0.25, 0.3) is 0 Å². The van der Waals surface area contributed by atoms with Crippen LogP contribution in [0.15, 0.2) is 67.0 Å². The van der Waals surface area contributed by atoms with Crippen molar-refractivity contribution in [2.45, 2.75) is 25.9 Å². The van der Waals surface area contributed by atoms with Crippen LogP contribution in [-0.4, -0.2) is 26.1 Å². The fourth-order valence-corrected chi connectivity index (χ4v) is 4.01. The average Bonchev–Trinajstić information content (AvgIpc) is 3.27. The van der Waals surface area contributed by atoms with Crippen molar-refractivity contribution in [2.75, 3.05) is 6.54 Å². The van der Waals surface area contributed by atoms with Crippen molar-refractivity contribution in [3.8, 4) is 5.69 Å². The first-order valence-electron chi connectivity index (χ1n) is 8.91. The summed E-state index contributed by atoms with van der Waals surface area (Å²) in [7, 11) is 0. The van der Waals surface area contributed by atoms with E-state index in [-0.39, 0.29) is 12.1 Å². The van der Waals surface area contributed by atoms with Crippen molar-refractivity contribution in [2.24, 2.45) is 0 Å². The lowest BCUT2D eigenvalue weighted by atomic mass is 10.0. The molecule has 0 spiro atoms. The van der Waals surface area contributed by atoms with Crippen LogP contribution in [-0.2, 0) is 0 Å². The van der Waals surface area contributed by atoms with Gasteiger partial charge in [0.1, 0.15) is 0 Å². The van der Waals surface area contributed by atoms with E-state index in [4.69, 9.17) is 12.2 Å². The highest BCUT2D eigenvalue weighted by atomic mass is 32.1. The Morgan fingerprint density at radius 2 is 1.88 bits per heavy atom. The van der Waals surface area contributed by atoms with Crippen LogP contribution in [0.2, 0.25) is 0 Å². The number of nitrogens with zero attached hydrogens (tertiary/aromatic N) is 3. The minimum absolute atomic E-state index is 0.0303. The Morgan fingerprint density at radius 3 is 2.58 bits per heavy atom. The number of aryl methyl sites for hydroxylation is 1. The summed E-state index contributed by atoms with van der Waals surface area (Å²) in [5, 5.41) is 4.26. The summed E-state index contributed by atoms with van der Waals surface area (Å²) in [4.78, 5) is 6.82. The van der Waals surface area contributed by atoms with Crippen LogP contribution in [0, 0.1) is 6.92 Å². The van der Waals surface area contributed by atoms with Gasteiger partial charge in [-0.3, -0.25) is 4.98 Å². The van der Waals surface area contributed by atoms with E-state index >= 15 is 0 Å². The molecule has 3 aromatic rings. The highest BCUT2D eigenvalue weighted by Crippen LogP contribution is 2.39. The van der Waals surface area contributed by atoms with Gasteiger partial charge >= 0.3 is 0 Å². The second-order valence-electron chi connectivity index (χ2n) is 6.55. The molecule has 1 aliphatic rings. The summed E-state index contributed by atoms with van der Waals surface area (Å²) in [6.45, 7) is 5.09. The molecule has 4 rings (SSSR count). The van der Waals surface area contributed by atoms with Gasteiger partial charge < -0.3 is 14.8 Å². The highest BCUT2D eigenvalue weighted by Gasteiger charge is 2.40. The molecule has 3 heterocycles. The third-order valence-electron chi connectivity index (χ3n) is 4.93. The van der Waals surface area contributed by atoms with Crippen LogP contribution < -0.4 is 5.32 Å². The van der Waals surface area contributed by atoms with Gasteiger partial charge in [0, 0.05) is 30.3 Å². The van der Waals surface area contributed by atoms with Crippen LogP contribution in [0.4, 0.5) is 0 Å². The summed E-state index contributed by atoms with van der Waals surface area (Å²) in [6.07, 6.45) is 3.95. The van der Waals surface area contributed by atoms with Gasteiger partial charge in [-0.2, -0.15) is 0 Å². The Bertz CT molecular complexity index is 901. The monoisotopic (exact) mass is 362 g/mol. The maximum Gasteiger partial charge on any atom is 0.170 e. The summed E-state index contributed by atoms with van der Waals surface area (Å²) in [5.41, 5.74) is 4.63. The molecule has 1 N–H and O–H groups in total. The summed E-state index contributed by atoms with van der Waals surface area (Å²) < 4.78 is 2.25. The van der Waals surface area contributed by atoms with E-state index in [9.17, 15) is 0 Å². The zero-order valence-electron chi connectivity index (χ0n) is 15.0. The van der Waals surface area contributed by atoms with Gasteiger partial charge in [0.2, 0.25) is 0 Å². The molecule has 2 atom stereocenters. The molecule has 4 nitrogen and oxygen atoms in total. The fourth-order valence-electron chi connectivity index (χ4n) is 3.64. The maximum atomic E-state index is 5.62. The van der Waals surface area contributed by atoms with E-state index in [1.165, 1.54) is 11.3 Å². The number of hydrogen-bond acceptors (Lipinski definition) is 2. The molecular weight excluding hydrogens is 340 g/mol. The smallest absolute Gasteiger partial charge is 0.170 e. The van der Waals surface area contributed by atoms with Crippen molar-refractivity contribution in [1.82, 2.24) is 19.8 Å². The van der Waals surface area contributed by atoms with E-state index in [2.05, 4.69) is 82.3 Å².